The number of carbonyl (C=O) groups is 1. The third-order valence-electron chi connectivity index (χ3n) is 1.70. The Hall–Kier alpha value is -1.91. The van der Waals surface area contributed by atoms with Crippen molar-refractivity contribution in [2.75, 3.05) is 7.11 Å². The summed E-state index contributed by atoms with van der Waals surface area (Å²) < 4.78 is 12.6. The fourth-order valence-electron chi connectivity index (χ4n) is 1.08. The summed E-state index contributed by atoms with van der Waals surface area (Å²) >= 11 is 0. The predicted octanol–water partition coefficient (Wildman–Crippen LogP) is 1.65. The second-order valence-electron chi connectivity index (χ2n) is 2.80. The maximum Gasteiger partial charge on any atom is 0.309 e. The van der Waals surface area contributed by atoms with Crippen LogP contribution >= 0.6 is 0 Å². The standard InChI is InChI=1S/C10H10FNO3/c1-15-12-9(6-10(13)14)7-2-4-8(11)5-3-7/h2-5H,6H2,1H3,(H,13,14). The molecule has 0 spiro atoms. The Morgan fingerprint density at radius 1 is 1.47 bits per heavy atom. The van der Waals surface area contributed by atoms with Crippen molar-refractivity contribution in [2.45, 2.75) is 6.42 Å². The second-order valence-corrected chi connectivity index (χ2v) is 2.80. The molecule has 1 N–H and O–H groups in total. The van der Waals surface area contributed by atoms with Gasteiger partial charge in [-0.15, -0.1) is 0 Å². The molecule has 0 saturated heterocycles. The Bertz CT molecular complexity index is 373. The van der Waals surface area contributed by atoms with E-state index in [1.54, 1.807) is 0 Å². The molecule has 15 heavy (non-hydrogen) atoms. The lowest BCUT2D eigenvalue weighted by molar-refractivity contribution is -0.135. The molecule has 0 unspecified atom stereocenters. The molecular formula is C10H10FNO3. The van der Waals surface area contributed by atoms with Gasteiger partial charge in [0.2, 0.25) is 0 Å². The van der Waals surface area contributed by atoms with Crippen LogP contribution in [0.15, 0.2) is 29.4 Å². The number of nitrogens with zero attached hydrogens (tertiary/aromatic N) is 1. The van der Waals surface area contributed by atoms with Gasteiger partial charge in [-0.05, 0) is 12.1 Å². The topological polar surface area (TPSA) is 58.9 Å². The van der Waals surface area contributed by atoms with Gasteiger partial charge in [0, 0.05) is 5.56 Å². The molecule has 4 nitrogen and oxygen atoms in total. The van der Waals surface area contributed by atoms with E-state index in [1.807, 2.05) is 0 Å². The van der Waals surface area contributed by atoms with Crippen LogP contribution in [-0.4, -0.2) is 23.9 Å². The molecule has 0 amide bonds. The van der Waals surface area contributed by atoms with E-state index in [4.69, 9.17) is 5.11 Å². The average molecular weight is 211 g/mol. The Morgan fingerprint density at radius 2 is 2.07 bits per heavy atom. The maximum atomic E-state index is 12.6. The van der Waals surface area contributed by atoms with Crippen molar-refractivity contribution in [3.63, 3.8) is 0 Å². The van der Waals surface area contributed by atoms with Gasteiger partial charge in [0.05, 0.1) is 12.1 Å². The van der Waals surface area contributed by atoms with Gasteiger partial charge in [-0.2, -0.15) is 0 Å². The lowest BCUT2D eigenvalue weighted by atomic mass is 10.1. The summed E-state index contributed by atoms with van der Waals surface area (Å²) in [6.45, 7) is 0. The Kier molecular flexibility index (Phi) is 3.79. The van der Waals surface area contributed by atoms with Crippen molar-refractivity contribution in [1.82, 2.24) is 0 Å². The molecule has 0 fully saturated rings. The lowest BCUT2D eigenvalue weighted by Crippen LogP contribution is -2.09. The lowest BCUT2D eigenvalue weighted by Gasteiger charge is -2.02. The molecule has 1 aromatic rings. The van der Waals surface area contributed by atoms with Crippen molar-refractivity contribution in [3.05, 3.63) is 35.6 Å². The molecule has 0 saturated carbocycles. The zero-order valence-corrected chi connectivity index (χ0v) is 8.11. The molecule has 0 aliphatic heterocycles. The minimum absolute atomic E-state index is 0.255. The van der Waals surface area contributed by atoms with Crippen molar-refractivity contribution < 1.29 is 19.1 Å². The number of aliphatic carboxylic acids is 1. The SMILES string of the molecule is CON=C(CC(=O)O)c1ccc(F)cc1. The number of rotatable bonds is 4. The summed E-state index contributed by atoms with van der Waals surface area (Å²) in [4.78, 5) is 15.0. The number of hydrogen-bond acceptors (Lipinski definition) is 3. The highest BCUT2D eigenvalue weighted by Gasteiger charge is 2.09. The first-order valence-electron chi connectivity index (χ1n) is 4.21. The van der Waals surface area contributed by atoms with Gasteiger partial charge < -0.3 is 9.94 Å². The van der Waals surface area contributed by atoms with Crippen LogP contribution in [-0.2, 0) is 9.63 Å². The number of oxime groups is 1. The highest BCUT2D eigenvalue weighted by molar-refractivity contribution is 6.08. The van der Waals surface area contributed by atoms with Gasteiger partial charge in [-0.1, -0.05) is 17.3 Å². The molecule has 5 heteroatoms. The quantitative estimate of drug-likeness (QED) is 0.608. The summed E-state index contributed by atoms with van der Waals surface area (Å²) in [6.07, 6.45) is -0.264. The number of carboxylic acids is 1. The highest BCUT2D eigenvalue weighted by Crippen LogP contribution is 2.07. The molecule has 0 aromatic heterocycles. The van der Waals surface area contributed by atoms with Crippen molar-refractivity contribution in [3.8, 4) is 0 Å². The number of carboxylic acid groups (broad SMARTS) is 1. The molecule has 0 aliphatic rings. The fraction of sp³-hybridized carbons (Fsp3) is 0.200. The molecule has 0 radical (unpaired) electrons. The number of benzene rings is 1. The molecule has 0 bridgehead atoms. The second kappa shape index (κ2) is 5.09. The normalized spacial score (nSPS) is 11.2. The van der Waals surface area contributed by atoms with E-state index in [1.165, 1.54) is 31.4 Å². The molecule has 80 valence electrons. The van der Waals surface area contributed by atoms with Crippen LogP contribution in [0.25, 0.3) is 0 Å². The predicted molar refractivity (Wildman–Crippen MR) is 52.2 cm³/mol. The minimum Gasteiger partial charge on any atom is -0.481 e. The molecule has 1 rings (SSSR count). The van der Waals surface area contributed by atoms with E-state index < -0.39 is 5.97 Å². The Balaban J connectivity index is 2.94. The van der Waals surface area contributed by atoms with E-state index in [0.29, 0.717) is 5.56 Å². The van der Waals surface area contributed by atoms with E-state index >= 15 is 0 Å². The molecule has 0 atom stereocenters. The van der Waals surface area contributed by atoms with Gasteiger partial charge in [0.15, 0.2) is 0 Å². The largest absolute Gasteiger partial charge is 0.481 e. The van der Waals surface area contributed by atoms with E-state index in [-0.39, 0.29) is 17.9 Å². The third kappa shape index (κ3) is 3.38. The van der Waals surface area contributed by atoms with E-state index in [2.05, 4.69) is 9.99 Å². The van der Waals surface area contributed by atoms with Crippen LogP contribution in [0.4, 0.5) is 4.39 Å². The van der Waals surface area contributed by atoms with Crippen LogP contribution in [0.1, 0.15) is 12.0 Å². The average Bonchev–Trinajstić information content (AvgIpc) is 2.17. The highest BCUT2D eigenvalue weighted by atomic mass is 19.1. The van der Waals surface area contributed by atoms with Gasteiger partial charge in [-0.25, -0.2) is 4.39 Å². The monoisotopic (exact) mass is 211 g/mol. The Labute approximate surface area is 86.0 Å². The van der Waals surface area contributed by atoms with Gasteiger partial charge in [0.25, 0.3) is 0 Å². The maximum absolute atomic E-state index is 12.6. The zero-order chi connectivity index (χ0) is 11.3. The van der Waals surface area contributed by atoms with Crippen molar-refractivity contribution in [1.29, 1.82) is 0 Å². The summed E-state index contributed by atoms with van der Waals surface area (Å²) in [6, 6.07) is 5.39. The van der Waals surface area contributed by atoms with Crippen LogP contribution in [0.3, 0.4) is 0 Å². The first kappa shape index (κ1) is 11.2. The number of hydrogen-bond donors (Lipinski definition) is 1. The van der Waals surface area contributed by atoms with Crippen LogP contribution < -0.4 is 0 Å². The summed E-state index contributed by atoms with van der Waals surface area (Å²) in [5.41, 5.74) is 0.783. The summed E-state index contributed by atoms with van der Waals surface area (Å²) in [5, 5.41) is 12.2. The van der Waals surface area contributed by atoms with Gasteiger partial charge in [-0.3, -0.25) is 4.79 Å². The Morgan fingerprint density at radius 3 is 2.53 bits per heavy atom. The zero-order valence-electron chi connectivity index (χ0n) is 8.11. The first-order chi connectivity index (χ1) is 7.13. The fourth-order valence-corrected chi connectivity index (χ4v) is 1.08. The smallest absolute Gasteiger partial charge is 0.309 e. The van der Waals surface area contributed by atoms with E-state index in [0.717, 1.165) is 0 Å². The van der Waals surface area contributed by atoms with Crippen molar-refractivity contribution in [2.24, 2.45) is 5.16 Å². The molecule has 0 heterocycles. The molecule has 1 aromatic carbocycles. The number of halogens is 1. The van der Waals surface area contributed by atoms with Crippen molar-refractivity contribution >= 4 is 11.7 Å². The first-order valence-corrected chi connectivity index (χ1v) is 4.21. The van der Waals surface area contributed by atoms with E-state index in [9.17, 15) is 9.18 Å². The minimum atomic E-state index is -1.02. The molecular weight excluding hydrogens is 201 g/mol. The third-order valence-corrected chi connectivity index (χ3v) is 1.70. The summed E-state index contributed by atoms with van der Waals surface area (Å²) in [7, 11) is 1.32. The van der Waals surface area contributed by atoms with Gasteiger partial charge in [0.1, 0.15) is 12.9 Å². The van der Waals surface area contributed by atoms with Gasteiger partial charge >= 0.3 is 5.97 Å². The van der Waals surface area contributed by atoms with Crippen LogP contribution in [0, 0.1) is 5.82 Å². The van der Waals surface area contributed by atoms with Crippen LogP contribution in [0.2, 0.25) is 0 Å². The van der Waals surface area contributed by atoms with Crippen LogP contribution in [0.5, 0.6) is 0 Å². The summed E-state index contributed by atoms with van der Waals surface area (Å²) in [5.74, 6) is -1.40. The molecule has 0 aliphatic carbocycles.